The Hall–Kier alpha value is -0.610. The van der Waals surface area contributed by atoms with Crippen LogP contribution in [0.15, 0.2) is 0 Å². The standard InChI is InChI=1S/C16H33N3O/c1-13(2)19(14(3)4)12-9-17-15(5)16(20)18-10-7-6-8-11-18/h13-15,17H,6-12H2,1-5H3. The molecule has 1 unspecified atom stereocenters. The zero-order valence-electron chi connectivity index (χ0n) is 14.0. The van der Waals surface area contributed by atoms with E-state index >= 15 is 0 Å². The molecule has 1 atom stereocenters. The van der Waals surface area contributed by atoms with Crippen LogP contribution in [0.3, 0.4) is 0 Å². The van der Waals surface area contributed by atoms with Crippen molar-refractivity contribution in [2.24, 2.45) is 0 Å². The van der Waals surface area contributed by atoms with E-state index in [0.29, 0.717) is 12.1 Å². The highest BCUT2D eigenvalue weighted by molar-refractivity contribution is 5.81. The molecular weight excluding hydrogens is 250 g/mol. The van der Waals surface area contributed by atoms with Crippen LogP contribution in [0.4, 0.5) is 0 Å². The van der Waals surface area contributed by atoms with Crippen molar-refractivity contribution in [1.82, 2.24) is 15.1 Å². The lowest BCUT2D eigenvalue weighted by atomic mass is 10.1. The second kappa shape index (κ2) is 8.63. The molecule has 0 aromatic rings. The number of carbonyl (C=O) groups excluding carboxylic acids is 1. The molecule has 0 bridgehead atoms. The highest BCUT2D eigenvalue weighted by atomic mass is 16.2. The van der Waals surface area contributed by atoms with E-state index in [9.17, 15) is 4.79 Å². The molecular formula is C16H33N3O. The van der Waals surface area contributed by atoms with Crippen molar-refractivity contribution >= 4 is 5.91 Å². The summed E-state index contributed by atoms with van der Waals surface area (Å²) >= 11 is 0. The third kappa shape index (κ3) is 5.41. The van der Waals surface area contributed by atoms with Crippen LogP contribution in [0.25, 0.3) is 0 Å². The topological polar surface area (TPSA) is 35.6 Å². The number of likely N-dealkylation sites (tertiary alicyclic amines) is 1. The largest absolute Gasteiger partial charge is 0.341 e. The van der Waals surface area contributed by atoms with Gasteiger partial charge >= 0.3 is 0 Å². The maximum atomic E-state index is 12.3. The molecule has 4 heteroatoms. The Balaban J connectivity index is 2.31. The molecule has 1 aliphatic rings. The van der Waals surface area contributed by atoms with Crippen molar-refractivity contribution in [3.8, 4) is 0 Å². The first kappa shape index (κ1) is 17.4. The Labute approximate surface area is 124 Å². The van der Waals surface area contributed by atoms with Crippen LogP contribution in [-0.2, 0) is 4.79 Å². The van der Waals surface area contributed by atoms with Gasteiger partial charge in [0.1, 0.15) is 0 Å². The van der Waals surface area contributed by atoms with Crippen LogP contribution in [-0.4, -0.2) is 60.0 Å². The smallest absolute Gasteiger partial charge is 0.239 e. The highest BCUT2D eigenvalue weighted by Crippen LogP contribution is 2.10. The molecule has 0 saturated carbocycles. The molecule has 0 aliphatic carbocycles. The fourth-order valence-corrected chi connectivity index (χ4v) is 3.00. The number of nitrogens with one attached hydrogen (secondary N) is 1. The molecule has 0 aromatic carbocycles. The van der Waals surface area contributed by atoms with Gasteiger partial charge in [0.2, 0.25) is 5.91 Å². The van der Waals surface area contributed by atoms with Gasteiger partial charge in [-0.3, -0.25) is 9.69 Å². The maximum absolute atomic E-state index is 12.3. The minimum Gasteiger partial charge on any atom is -0.341 e. The molecule has 1 heterocycles. The number of rotatable bonds is 7. The molecule has 0 spiro atoms. The summed E-state index contributed by atoms with van der Waals surface area (Å²) in [6, 6.07) is 1.03. The molecule has 1 fully saturated rings. The summed E-state index contributed by atoms with van der Waals surface area (Å²) in [7, 11) is 0. The number of carbonyl (C=O) groups is 1. The van der Waals surface area contributed by atoms with E-state index in [2.05, 4.69) is 37.9 Å². The Morgan fingerprint density at radius 3 is 2.10 bits per heavy atom. The van der Waals surface area contributed by atoms with Gasteiger partial charge in [0.15, 0.2) is 0 Å². The molecule has 4 nitrogen and oxygen atoms in total. The van der Waals surface area contributed by atoms with Crippen LogP contribution in [0.5, 0.6) is 0 Å². The zero-order chi connectivity index (χ0) is 15.1. The summed E-state index contributed by atoms with van der Waals surface area (Å²) in [4.78, 5) is 16.8. The Bertz CT molecular complexity index is 277. The van der Waals surface area contributed by atoms with Crippen molar-refractivity contribution in [2.75, 3.05) is 26.2 Å². The SMILES string of the molecule is CC(NCCN(C(C)C)C(C)C)C(=O)N1CCCCC1. The minimum absolute atomic E-state index is 0.0609. The Morgan fingerprint density at radius 1 is 1.05 bits per heavy atom. The molecule has 1 rings (SSSR count). The predicted molar refractivity (Wildman–Crippen MR) is 84.9 cm³/mol. The third-order valence-electron chi connectivity index (χ3n) is 4.19. The van der Waals surface area contributed by atoms with Crippen LogP contribution in [0.2, 0.25) is 0 Å². The molecule has 0 radical (unpaired) electrons. The van der Waals surface area contributed by atoms with Crippen molar-refractivity contribution in [2.45, 2.75) is 72.0 Å². The number of nitrogens with zero attached hydrogens (tertiary/aromatic N) is 2. The van der Waals surface area contributed by atoms with Gasteiger partial charge in [-0.05, 0) is 53.9 Å². The van der Waals surface area contributed by atoms with Gasteiger partial charge in [-0.1, -0.05) is 0 Å². The molecule has 1 aliphatic heterocycles. The fourth-order valence-electron chi connectivity index (χ4n) is 3.00. The van der Waals surface area contributed by atoms with Gasteiger partial charge in [0.05, 0.1) is 6.04 Å². The van der Waals surface area contributed by atoms with Crippen LogP contribution in [0, 0.1) is 0 Å². The summed E-state index contributed by atoms with van der Waals surface area (Å²) in [5, 5.41) is 3.39. The van der Waals surface area contributed by atoms with E-state index in [0.717, 1.165) is 39.0 Å². The van der Waals surface area contributed by atoms with Gasteiger partial charge in [-0.25, -0.2) is 0 Å². The van der Waals surface area contributed by atoms with Gasteiger partial charge in [0, 0.05) is 38.3 Å². The van der Waals surface area contributed by atoms with Gasteiger partial charge in [0.25, 0.3) is 0 Å². The first-order chi connectivity index (χ1) is 9.43. The van der Waals surface area contributed by atoms with Crippen molar-refractivity contribution < 1.29 is 4.79 Å². The summed E-state index contributed by atoms with van der Waals surface area (Å²) in [5.74, 6) is 0.269. The zero-order valence-corrected chi connectivity index (χ0v) is 14.0. The summed E-state index contributed by atoms with van der Waals surface area (Å²) < 4.78 is 0. The highest BCUT2D eigenvalue weighted by Gasteiger charge is 2.22. The van der Waals surface area contributed by atoms with Gasteiger partial charge in [-0.15, -0.1) is 0 Å². The quantitative estimate of drug-likeness (QED) is 0.777. The third-order valence-corrected chi connectivity index (χ3v) is 4.19. The van der Waals surface area contributed by atoms with E-state index in [4.69, 9.17) is 0 Å². The normalized spacial score (nSPS) is 18.1. The molecule has 1 N–H and O–H groups in total. The van der Waals surface area contributed by atoms with E-state index < -0.39 is 0 Å². The van der Waals surface area contributed by atoms with Crippen molar-refractivity contribution in [3.63, 3.8) is 0 Å². The van der Waals surface area contributed by atoms with Crippen molar-refractivity contribution in [3.05, 3.63) is 0 Å². The number of amides is 1. The van der Waals surface area contributed by atoms with Gasteiger partial charge in [-0.2, -0.15) is 0 Å². The fraction of sp³-hybridized carbons (Fsp3) is 0.938. The second-order valence-corrected chi connectivity index (χ2v) is 6.49. The van der Waals surface area contributed by atoms with Gasteiger partial charge < -0.3 is 10.2 Å². The molecule has 20 heavy (non-hydrogen) atoms. The monoisotopic (exact) mass is 283 g/mol. The average Bonchev–Trinajstić information content (AvgIpc) is 2.42. The predicted octanol–water partition coefficient (Wildman–Crippen LogP) is 2.10. The summed E-state index contributed by atoms with van der Waals surface area (Å²) in [5.41, 5.74) is 0. The second-order valence-electron chi connectivity index (χ2n) is 6.49. The van der Waals surface area contributed by atoms with Crippen LogP contribution in [0.1, 0.15) is 53.9 Å². The van der Waals surface area contributed by atoms with E-state index in [1.54, 1.807) is 0 Å². The maximum Gasteiger partial charge on any atom is 0.239 e. The first-order valence-corrected chi connectivity index (χ1v) is 8.21. The van der Waals surface area contributed by atoms with E-state index in [-0.39, 0.29) is 11.9 Å². The average molecular weight is 283 g/mol. The molecule has 1 saturated heterocycles. The minimum atomic E-state index is -0.0609. The molecule has 1 amide bonds. The molecule has 118 valence electrons. The summed E-state index contributed by atoms with van der Waals surface area (Å²) in [6.45, 7) is 14.6. The lowest BCUT2D eigenvalue weighted by molar-refractivity contribution is -0.133. The van der Waals surface area contributed by atoms with Crippen LogP contribution < -0.4 is 5.32 Å². The Kier molecular flexibility index (Phi) is 7.52. The van der Waals surface area contributed by atoms with E-state index in [1.807, 2.05) is 11.8 Å². The lowest BCUT2D eigenvalue weighted by Crippen LogP contribution is -2.49. The molecule has 0 aromatic heterocycles. The van der Waals surface area contributed by atoms with E-state index in [1.165, 1.54) is 6.42 Å². The lowest BCUT2D eigenvalue weighted by Gasteiger charge is -2.32. The van der Waals surface area contributed by atoms with Crippen molar-refractivity contribution in [1.29, 1.82) is 0 Å². The number of piperidine rings is 1. The number of hydrogen-bond acceptors (Lipinski definition) is 3. The summed E-state index contributed by atoms with van der Waals surface area (Å²) in [6.07, 6.45) is 3.59. The van der Waals surface area contributed by atoms with Crippen LogP contribution >= 0.6 is 0 Å². The Morgan fingerprint density at radius 2 is 1.60 bits per heavy atom. The number of hydrogen-bond donors (Lipinski definition) is 1. The first-order valence-electron chi connectivity index (χ1n) is 8.21.